The minimum atomic E-state index is -4.70. The lowest BCUT2D eigenvalue weighted by atomic mass is 9.43. The minimum absolute atomic E-state index is 0.0153. The quantitative estimate of drug-likeness (QED) is 0.0948. The molecule has 18 nitrogen and oxygen atoms in total. The Morgan fingerprint density at radius 2 is 1.57 bits per heavy atom. The number of alkyl carbamates (subject to hydrolysis) is 1. The molecule has 8 rings (SSSR count). The van der Waals surface area contributed by atoms with Crippen molar-refractivity contribution < 1.29 is 66.2 Å². The third kappa shape index (κ3) is 10.7. The number of methoxy groups -OCH3 is 1. The molecule has 6 amide bonds. The molecule has 0 radical (unpaired) electrons. The monoisotopic (exact) mass is 969 g/mol. The molecule has 372 valence electrons. The standard InChI is InChI=1S/C47H66BFN5O13P/c1-44(2,3)64-40(56)36-32(49)20-13-27(38(36)63-10)23-35(48-66-34-25-28-24-33(46(28,7)8)47(34,9)67-48)51-39(55)37(26-11-18-31(19-12-26)68(60,61)62)52-41(57)54-22-21-53(43(54)59)30-16-14-29(15-17-30)50-42(58)65-45(4,5)6/h11-13,18-20,28-30,33-35,37H,14-17,21-25H2,1-10H3,(H,50,58)(H,51,55)(H,52,57)(H2,60,61,62)/t28-,29?,30?,33-,34+,35-,37+,47-/m0/s1. The Morgan fingerprint density at radius 3 is 2.16 bits per heavy atom. The highest BCUT2D eigenvalue weighted by Crippen LogP contribution is 2.65. The van der Waals surface area contributed by atoms with Gasteiger partial charge in [0.15, 0.2) is 0 Å². The number of hydrogen-bond acceptors (Lipinski definition) is 11. The van der Waals surface area contributed by atoms with Gasteiger partial charge in [-0.05, 0) is 140 Å². The normalized spacial score (nSPS) is 26.5. The summed E-state index contributed by atoms with van der Waals surface area (Å²) in [7, 11) is -4.50. The van der Waals surface area contributed by atoms with Crippen LogP contribution in [-0.4, -0.2) is 118 Å². The van der Waals surface area contributed by atoms with Gasteiger partial charge in [0, 0.05) is 25.2 Å². The fraction of sp³-hybridized carbons (Fsp3) is 0.638. The van der Waals surface area contributed by atoms with Gasteiger partial charge in [0.2, 0.25) is 5.91 Å². The van der Waals surface area contributed by atoms with Crippen molar-refractivity contribution in [2.45, 2.75) is 154 Å². The fourth-order valence-corrected chi connectivity index (χ4v) is 11.3. The number of ether oxygens (including phenoxy) is 3. The number of carbonyl (C=O) groups is 5. The predicted octanol–water partition coefficient (Wildman–Crippen LogP) is 5.91. The van der Waals surface area contributed by atoms with Crippen LogP contribution in [0.2, 0.25) is 0 Å². The van der Waals surface area contributed by atoms with E-state index < -0.39 is 84.9 Å². The molecule has 6 fully saturated rings. The highest BCUT2D eigenvalue weighted by atomic mass is 31.2. The number of esters is 1. The van der Waals surface area contributed by atoms with E-state index in [1.807, 2.05) is 6.92 Å². The number of nitrogens with one attached hydrogen (secondary N) is 3. The number of imide groups is 1. The van der Waals surface area contributed by atoms with Crippen LogP contribution in [0.15, 0.2) is 36.4 Å². The smallest absolute Gasteiger partial charge is 0.482 e. The van der Waals surface area contributed by atoms with Gasteiger partial charge in [-0.1, -0.05) is 32.0 Å². The number of urea groups is 2. The zero-order chi connectivity index (χ0) is 49.9. The summed E-state index contributed by atoms with van der Waals surface area (Å²) in [6.45, 7) is 17.0. The van der Waals surface area contributed by atoms with Crippen molar-refractivity contribution in [1.82, 2.24) is 25.8 Å². The molecule has 2 aromatic rings. The zero-order valence-corrected chi connectivity index (χ0v) is 41.4. The Kier molecular flexibility index (Phi) is 14.2. The maximum absolute atomic E-state index is 15.5. The van der Waals surface area contributed by atoms with Crippen LogP contribution >= 0.6 is 7.60 Å². The molecule has 2 bridgehead atoms. The minimum Gasteiger partial charge on any atom is -0.495 e. The lowest BCUT2D eigenvalue weighted by Gasteiger charge is -2.64. The summed E-state index contributed by atoms with van der Waals surface area (Å²) >= 11 is 0. The number of halogens is 1. The molecule has 6 atom stereocenters. The van der Waals surface area contributed by atoms with Gasteiger partial charge >= 0.3 is 38.8 Å². The zero-order valence-electron chi connectivity index (χ0n) is 40.6. The number of benzene rings is 2. The Labute approximate surface area is 397 Å². The van der Waals surface area contributed by atoms with Crippen LogP contribution in [0.4, 0.5) is 18.8 Å². The summed E-state index contributed by atoms with van der Waals surface area (Å²) in [5, 5.41) is 8.29. The second kappa shape index (κ2) is 18.9. The summed E-state index contributed by atoms with van der Waals surface area (Å²) in [4.78, 5) is 91.3. The van der Waals surface area contributed by atoms with E-state index in [1.165, 1.54) is 25.3 Å². The second-order valence-electron chi connectivity index (χ2n) is 21.6. The van der Waals surface area contributed by atoms with Crippen molar-refractivity contribution in [1.29, 1.82) is 0 Å². The molecule has 6 aliphatic rings. The van der Waals surface area contributed by atoms with Crippen molar-refractivity contribution >= 4 is 50.1 Å². The van der Waals surface area contributed by atoms with Gasteiger partial charge in [-0.3, -0.25) is 9.36 Å². The maximum atomic E-state index is 15.5. The van der Waals surface area contributed by atoms with E-state index in [1.54, 1.807) is 46.4 Å². The molecule has 5 N–H and O–H groups in total. The summed E-state index contributed by atoms with van der Waals surface area (Å²) < 4.78 is 57.8. The molecule has 2 aromatic carbocycles. The van der Waals surface area contributed by atoms with Crippen LogP contribution < -0.4 is 26.0 Å². The van der Waals surface area contributed by atoms with Crippen molar-refractivity contribution in [2.75, 3.05) is 20.2 Å². The topological polar surface area (TPSA) is 232 Å². The molecule has 68 heavy (non-hydrogen) atoms. The van der Waals surface area contributed by atoms with Gasteiger partial charge in [0.05, 0.1) is 30.1 Å². The Bertz CT molecular complexity index is 2330. The van der Waals surface area contributed by atoms with Crippen LogP contribution in [0, 0.1) is 23.1 Å². The van der Waals surface area contributed by atoms with E-state index in [2.05, 4.69) is 29.8 Å². The van der Waals surface area contributed by atoms with Crippen LogP contribution in [0.1, 0.15) is 128 Å². The van der Waals surface area contributed by atoms with Gasteiger partial charge in [-0.25, -0.2) is 28.5 Å². The van der Waals surface area contributed by atoms with Gasteiger partial charge in [0.1, 0.15) is 34.4 Å². The van der Waals surface area contributed by atoms with E-state index in [-0.39, 0.29) is 65.6 Å². The molecule has 4 aliphatic carbocycles. The highest BCUT2D eigenvalue weighted by Gasteiger charge is 2.68. The summed E-state index contributed by atoms with van der Waals surface area (Å²) in [6, 6.07) is 4.13. The summed E-state index contributed by atoms with van der Waals surface area (Å²) in [5.41, 5.74) is -2.37. The molecule has 21 heteroatoms. The first-order valence-electron chi connectivity index (χ1n) is 23.4. The molecule has 0 spiro atoms. The van der Waals surface area contributed by atoms with Crippen LogP contribution in [-0.2, 0) is 34.6 Å². The Morgan fingerprint density at radius 1 is 0.926 bits per heavy atom. The lowest BCUT2D eigenvalue weighted by Crippen LogP contribution is -2.65. The molecule has 2 heterocycles. The van der Waals surface area contributed by atoms with Gasteiger partial charge < -0.3 is 54.2 Å². The van der Waals surface area contributed by atoms with Crippen LogP contribution in [0.25, 0.3) is 0 Å². The SMILES string of the molecule is COc1c(C[C@H](NC(=O)[C@H](NC(=O)N2CCN(C3CCC(NC(=O)OC(C)(C)C)CC3)C2=O)c2ccc(P(=O)(O)O)cc2)B2O[C@@H]3C[C@@H]4C[C@@H](C4(C)C)[C@]3(C)O2)ccc(F)c1C(=O)OC(C)(C)C. The third-order valence-electron chi connectivity index (χ3n) is 14.3. The van der Waals surface area contributed by atoms with E-state index in [4.69, 9.17) is 23.5 Å². The maximum Gasteiger partial charge on any atom is 0.482 e. The first kappa shape index (κ1) is 51.1. The number of hydrogen-bond donors (Lipinski definition) is 5. The molecular weight excluding hydrogens is 903 g/mol. The number of rotatable bonds is 12. The van der Waals surface area contributed by atoms with E-state index in [9.17, 15) is 38.3 Å². The molecule has 0 aromatic heterocycles. The first-order chi connectivity index (χ1) is 31.6. The van der Waals surface area contributed by atoms with E-state index in [0.29, 0.717) is 37.2 Å². The van der Waals surface area contributed by atoms with E-state index in [0.717, 1.165) is 35.9 Å². The molecule has 0 unspecified atom stereocenters. The van der Waals surface area contributed by atoms with Crippen molar-refractivity contribution in [2.24, 2.45) is 17.3 Å². The largest absolute Gasteiger partial charge is 0.495 e. The fourth-order valence-electron chi connectivity index (χ4n) is 10.8. The van der Waals surface area contributed by atoms with Crippen molar-refractivity contribution in [3.63, 3.8) is 0 Å². The van der Waals surface area contributed by atoms with Gasteiger partial charge in [-0.15, -0.1) is 0 Å². The molecule has 2 aliphatic heterocycles. The van der Waals surface area contributed by atoms with Gasteiger partial charge in [0.25, 0.3) is 0 Å². The van der Waals surface area contributed by atoms with E-state index >= 15 is 4.39 Å². The average molecular weight is 970 g/mol. The predicted molar refractivity (Wildman–Crippen MR) is 247 cm³/mol. The molecular formula is C47H66BFN5O13P. The first-order valence-corrected chi connectivity index (χ1v) is 25.0. The lowest BCUT2D eigenvalue weighted by molar-refractivity contribution is -0.199. The summed E-state index contributed by atoms with van der Waals surface area (Å²) in [5.74, 6) is -3.28. The average Bonchev–Trinajstić information content (AvgIpc) is 3.80. The second-order valence-corrected chi connectivity index (χ2v) is 23.2. The molecule has 4 saturated carbocycles. The van der Waals surface area contributed by atoms with Crippen molar-refractivity contribution in [3.05, 3.63) is 58.9 Å². The van der Waals surface area contributed by atoms with Crippen molar-refractivity contribution in [3.8, 4) is 5.75 Å². The number of nitrogens with zero attached hydrogens (tertiary/aromatic N) is 2. The van der Waals surface area contributed by atoms with Crippen LogP contribution in [0.3, 0.4) is 0 Å². The summed E-state index contributed by atoms with van der Waals surface area (Å²) in [6.07, 6.45) is 3.02. The Hall–Kier alpha value is -4.75. The van der Waals surface area contributed by atoms with Gasteiger partial charge in [-0.2, -0.15) is 0 Å². The number of amides is 6. The third-order valence-corrected chi connectivity index (χ3v) is 15.3. The van der Waals surface area contributed by atoms with Crippen LogP contribution in [0.5, 0.6) is 5.75 Å². The highest BCUT2D eigenvalue weighted by molar-refractivity contribution is 7.60. The number of carbonyl (C=O) groups excluding carboxylic acids is 5. The Balaban J connectivity index is 1.15. The molecule has 2 saturated heterocycles.